The number of benzene rings is 2. The first-order valence-corrected chi connectivity index (χ1v) is 11.9. The predicted molar refractivity (Wildman–Crippen MR) is 121 cm³/mol. The highest BCUT2D eigenvalue weighted by Crippen LogP contribution is 2.29. The Bertz CT molecular complexity index is 1150. The molecule has 0 saturated carbocycles. The minimum atomic E-state index is -3.75. The van der Waals surface area contributed by atoms with Crippen molar-refractivity contribution < 1.29 is 21.7 Å². The molecule has 3 aromatic rings. The summed E-state index contributed by atoms with van der Waals surface area (Å²) in [5, 5.41) is 3.88. The summed E-state index contributed by atoms with van der Waals surface area (Å²) in [5.41, 5.74) is 7.58. The van der Waals surface area contributed by atoms with Gasteiger partial charge in [-0.05, 0) is 43.7 Å². The van der Waals surface area contributed by atoms with E-state index in [1.807, 2.05) is 19.1 Å². The maximum Gasteiger partial charge on any atom is 0.296 e. The van der Waals surface area contributed by atoms with Gasteiger partial charge in [0.2, 0.25) is 0 Å². The monoisotopic (exact) mass is 465 g/mol. The topological polar surface area (TPSA) is 104 Å². The van der Waals surface area contributed by atoms with Crippen LogP contribution in [0.5, 0.6) is 5.75 Å². The Kier molecular flexibility index (Phi) is 7.97. The first-order valence-electron chi connectivity index (χ1n) is 9.63. The van der Waals surface area contributed by atoms with Gasteiger partial charge in [0.25, 0.3) is 10.1 Å². The summed E-state index contributed by atoms with van der Waals surface area (Å²) in [4.78, 5) is 4.63. The molecule has 0 bridgehead atoms. The number of aryl methyl sites for hydroxylation is 1. The zero-order chi connectivity index (χ0) is 22.3. The lowest BCUT2D eigenvalue weighted by molar-refractivity contribution is 0.316. The minimum Gasteiger partial charge on any atom is -0.489 e. The van der Waals surface area contributed by atoms with Crippen LogP contribution >= 0.6 is 11.3 Å². The van der Waals surface area contributed by atoms with Gasteiger partial charge in [0.1, 0.15) is 12.4 Å². The summed E-state index contributed by atoms with van der Waals surface area (Å²) < 4.78 is 48.5. The van der Waals surface area contributed by atoms with Gasteiger partial charge in [0.05, 0.1) is 28.0 Å². The molecule has 1 heterocycles. The van der Waals surface area contributed by atoms with Gasteiger partial charge in [-0.3, -0.25) is 4.18 Å². The van der Waals surface area contributed by atoms with E-state index in [0.717, 1.165) is 15.8 Å². The molecule has 0 saturated heterocycles. The van der Waals surface area contributed by atoms with Gasteiger partial charge in [0, 0.05) is 18.7 Å². The number of aromatic nitrogens is 1. The molecule has 166 valence electrons. The number of hydrogen-bond acceptors (Lipinski definition) is 8. The molecule has 0 fully saturated rings. The van der Waals surface area contributed by atoms with Crippen LogP contribution in [0.2, 0.25) is 0 Å². The molecule has 3 rings (SSSR count). The van der Waals surface area contributed by atoms with E-state index in [0.29, 0.717) is 35.7 Å². The van der Waals surface area contributed by atoms with Gasteiger partial charge in [0.15, 0.2) is 5.13 Å². The molecular formula is C21H24FN3O4S2. The number of nitrogens with two attached hydrogens (primary N) is 1. The smallest absolute Gasteiger partial charge is 0.296 e. The average molecular weight is 466 g/mol. The average Bonchev–Trinajstić information content (AvgIpc) is 3.16. The number of hydrogen-bond donors (Lipinski definition) is 2. The maximum atomic E-state index is 12.6. The number of fused-ring (bicyclic) bond motifs is 1. The molecule has 31 heavy (non-hydrogen) atoms. The lowest BCUT2D eigenvalue weighted by Crippen LogP contribution is -2.11. The molecule has 3 N–H and O–H groups in total. The van der Waals surface area contributed by atoms with Crippen molar-refractivity contribution in [3.63, 3.8) is 0 Å². The molecule has 0 amide bonds. The van der Waals surface area contributed by atoms with E-state index < -0.39 is 10.1 Å². The van der Waals surface area contributed by atoms with Crippen molar-refractivity contribution in [3.05, 3.63) is 59.9 Å². The van der Waals surface area contributed by atoms with Crippen LogP contribution in [0.1, 0.15) is 12.0 Å². The van der Waals surface area contributed by atoms with Crippen LogP contribution in [0.25, 0.3) is 10.2 Å². The SMILES string of the molecule is Cc1ccc(S(=O)(=O)OCCCNc2nc3ccc(OC/C(=C/F)CN)cc3s2)cc1. The third kappa shape index (κ3) is 6.47. The largest absolute Gasteiger partial charge is 0.489 e. The second-order valence-electron chi connectivity index (χ2n) is 6.78. The van der Waals surface area contributed by atoms with Crippen LogP contribution in [-0.4, -0.2) is 39.7 Å². The van der Waals surface area contributed by atoms with Gasteiger partial charge in [-0.1, -0.05) is 29.0 Å². The summed E-state index contributed by atoms with van der Waals surface area (Å²) in [6.45, 7) is 2.66. The number of nitrogens with one attached hydrogen (secondary N) is 1. The molecule has 0 unspecified atom stereocenters. The number of nitrogens with zero attached hydrogens (tertiary/aromatic N) is 1. The van der Waals surface area contributed by atoms with E-state index in [-0.39, 0.29) is 24.7 Å². The summed E-state index contributed by atoms with van der Waals surface area (Å²) in [6.07, 6.45) is 0.954. The predicted octanol–water partition coefficient (Wildman–Crippen LogP) is 4.00. The van der Waals surface area contributed by atoms with E-state index >= 15 is 0 Å². The highest BCUT2D eigenvalue weighted by Gasteiger charge is 2.14. The fourth-order valence-electron chi connectivity index (χ4n) is 2.59. The molecule has 10 heteroatoms. The number of ether oxygens (including phenoxy) is 1. The van der Waals surface area contributed by atoms with Crippen molar-refractivity contribution in [2.24, 2.45) is 5.73 Å². The van der Waals surface area contributed by atoms with Crippen LogP contribution in [0, 0.1) is 6.92 Å². The van der Waals surface area contributed by atoms with E-state index in [4.69, 9.17) is 14.7 Å². The number of halogens is 1. The normalized spacial score (nSPS) is 12.3. The van der Waals surface area contributed by atoms with Crippen LogP contribution in [0.3, 0.4) is 0 Å². The van der Waals surface area contributed by atoms with Crippen LogP contribution in [0.4, 0.5) is 9.52 Å². The molecule has 0 atom stereocenters. The summed E-state index contributed by atoms with van der Waals surface area (Å²) in [7, 11) is -3.75. The summed E-state index contributed by atoms with van der Waals surface area (Å²) in [5.74, 6) is 0.602. The Morgan fingerprint density at radius 2 is 2.03 bits per heavy atom. The highest BCUT2D eigenvalue weighted by atomic mass is 32.2. The Balaban J connectivity index is 1.48. The van der Waals surface area contributed by atoms with E-state index in [9.17, 15) is 12.8 Å². The van der Waals surface area contributed by atoms with Crippen LogP contribution < -0.4 is 15.8 Å². The fraction of sp³-hybridized carbons (Fsp3) is 0.286. The third-order valence-electron chi connectivity index (χ3n) is 4.35. The summed E-state index contributed by atoms with van der Waals surface area (Å²) in [6, 6.07) is 12.0. The van der Waals surface area contributed by atoms with Crippen molar-refractivity contribution in [1.29, 1.82) is 0 Å². The number of rotatable bonds is 11. The van der Waals surface area contributed by atoms with Gasteiger partial charge in [-0.25, -0.2) is 9.37 Å². The van der Waals surface area contributed by atoms with E-state index in [1.165, 1.54) is 23.5 Å². The maximum absolute atomic E-state index is 12.6. The van der Waals surface area contributed by atoms with Crippen LogP contribution in [0.15, 0.2) is 59.3 Å². The molecule has 0 aliphatic heterocycles. The molecule has 7 nitrogen and oxygen atoms in total. The van der Waals surface area contributed by atoms with E-state index in [2.05, 4.69) is 10.3 Å². The summed E-state index contributed by atoms with van der Waals surface area (Å²) >= 11 is 1.44. The third-order valence-corrected chi connectivity index (χ3v) is 6.65. The van der Waals surface area contributed by atoms with E-state index in [1.54, 1.807) is 18.2 Å². The lowest BCUT2D eigenvalue weighted by Gasteiger charge is -2.06. The molecular weight excluding hydrogens is 441 g/mol. The first-order chi connectivity index (χ1) is 14.9. The molecule has 0 radical (unpaired) electrons. The second kappa shape index (κ2) is 10.7. The molecule has 0 aliphatic carbocycles. The van der Waals surface area contributed by atoms with Crippen molar-refractivity contribution in [3.8, 4) is 5.75 Å². The van der Waals surface area contributed by atoms with Gasteiger partial charge < -0.3 is 15.8 Å². The van der Waals surface area contributed by atoms with Crippen molar-refractivity contribution >= 4 is 36.8 Å². The fourth-order valence-corrected chi connectivity index (χ4v) is 4.45. The highest BCUT2D eigenvalue weighted by molar-refractivity contribution is 7.86. The number of anilines is 1. The lowest BCUT2D eigenvalue weighted by atomic mass is 10.2. The van der Waals surface area contributed by atoms with Crippen LogP contribution in [-0.2, 0) is 14.3 Å². The van der Waals surface area contributed by atoms with Gasteiger partial charge in [-0.2, -0.15) is 8.42 Å². The minimum absolute atomic E-state index is 0.0671. The number of thiazole rings is 1. The standard InChI is InChI=1S/C21H24FN3O4S2/c1-15-3-6-18(7-4-15)31(26,27)29-10-2-9-24-21-25-19-8-5-17(11-20(19)30-21)28-14-16(12-22)13-23/h3-8,11-12H,2,9-10,13-14,23H2,1H3,(H,24,25)/b16-12+. The zero-order valence-electron chi connectivity index (χ0n) is 17.0. The Morgan fingerprint density at radius 1 is 1.26 bits per heavy atom. The zero-order valence-corrected chi connectivity index (χ0v) is 18.6. The van der Waals surface area contributed by atoms with Crippen molar-refractivity contribution in [2.45, 2.75) is 18.2 Å². The van der Waals surface area contributed by atoms with Crippen molar-refractivity contribution in [1.82, 2.24) is 4.98 Å². The van der Waals surface area contributed by atoms with Gasteiger partial charge in [-0.15, -0.1) is 0 Å². The Hall–Kier alpha value is -2.53. The molecule has 0 spiro atoms. The molecule has 1 aromatic heterocycles. The molecule has 2 aromatic carbocycles. The first kappa shape index (κ1) is 23.1. The second-order valence-corrected chi connectivity index (χ2v) is 9.42. The Morgan fingerprint density at radius 3 is 2.74 bits per heavy atom. The molecule has 0 aliphatic rings. The van der Waals surface area contributed by atoms with Crippen molar-refractivity contribution in [2.75, 3.05) is 31.6 Å². The van der Waals surface area contributed by atoms with Gasteiger partial charge >= 0.3 is 0 Å². The quantitative estimate of drug-likeness (QED) is 0.326. The Labute approximate surface area is 184 Å².